The number of hydrogen-bond acceptors (Lipinski definition) is 3. The van der Waals surface area contributed by atoms with E-state index in [1.54, 1.807) is 0 Å². The molecule has 0 fully saturated rings. The van der Waals surface area contributed by atoms with Crippen molar-refractivity contribution in [2.45, 2.75) is 33.2 Å². The number of carbonyl (C=O) groups is 2. The van der Waals surface area contributed by atoms with Crippen LogP contribution in [0.15, 0.2) is 24.3 Å². The van der Waals surface area contributed by atoms with E-state index in [1.165, 1.54) is 11.3 Å². The predicted octanol–water partition coefficient (Wildman–Crippen LogP) is 3.44. The lowest BCUT2D eigenvalue weighted by Crippen LogP contribution is -2.41. The van der Waals surface area contributed by atoms with Crippen molar-refractivity contribution >= 4 is 33.3 Å². The maximum atomic E-state index is 12.4. The third kappa shape index (κ3) is 3.42. The first kappa shape index (κ1) is 15.5. The van der Waals surface area contributed by atoms with Crippen LogP contribution in [0.1, 0.15) is 35.5 Å². The third-order valence-electron chi connectivity index (χ3n) is 3.36. The molecule has 112 valence electrons. The zero-order chi connectivity index (χ0) is 15.6. The zero-order valence-electron chi connectivity index (χ0n) is 12.3. The molecule has 0 bridgehead atoms. The van der Waals surface area contributed by atoms with Gasteiger partial charge in [0.2, 0.25) is 0 Å². The van der Waals surface area contributed by atoms with Crippen molar-refractivity contribution in [2.75, 3.05) is 0 Å². The molecule has 1 amide bonds. The molecule has 0 spiro atoms. The SMILES string of the molecule is Cc1c(C(=O)N[C@@H](CC(C)C)C(=O)O)sc2ccccc12. The summed E-state index contributed by atoms with van der Waals surface area (Å²) < 4.78 is 1.04. The smallest absolute Gasteiger partial charge is 0.326 e. The second-order valence-corrected chi connectivity index (χ2v) is 6.60. The summed E-state index contributed by atoms with van der Waals surface area (Å²) in [6.07, 6.45) is 0.422. The van der Waals surface area contributed by atoms with E-state index in [9.17, 15) is 14.7 Å². The number of aliphatic carboxylic acids is 1. The third-order valence-corrected chi connectivity index (χ3v) is 4.63. The second kappa shape index (κ2) is 6.26. The summed E-state index contributed by atoms with van der Waals surface area (Å²) in [5.74, 6) is -1.09. The van der Waals surface area contributed by atoms with Gasteiger partial charge in [-0.3, -0.25) is 4.79 Å². The number of aryl methyl sites for hydroxylation is 1. The van der Waals surface area contributed by atoms with Gasteiger partial charge in [0.25, 0.3) is 5.91 Å². The molecule has 1 aromatic heterocycles. The first-order valence-corrected chi connectivity index (χ1v) is 7.73. The minimum absolute atomic E-state index is 0.204. The van der Waals surface area contributed by atoms with Crippen LogP contribution in [0, 0.1) is 12.8 Å². The van der Waals surface area contributed by atoms with Crippen LogP contribution in [-0.2, 0) is 4.79 Å². The van der Waals surface area contributed by atoms with E-state index >= 15 is 0 Å². The molecule has 0 saturated carbocycles. The molecular formula is C16H19NO3S. The number of fused-ring (bicyclic) bond motifs is 1. The summed E-state index contributed by atoms with van der Waals surface area (Å²) in [7, 11) is 0. The van der Waals surface area contributed by atoms with Crippen molar-refractivity contribution in [1.82, 2.24) is 5.32 Å². The van der Waals surface area contributed by atoms with Gasteiger partial charge in [0.1, 0.15) is 6.04 Å². The van der Waals surface area contributed by atoms with Gasteiger partial charge in [0.15, 0.2) is 0 Å². The van der Waals surface area contributed by atoms with Crippen LogP contribution in [-0.4, -0.2) is 23.0 Å². The number of thiophene rings is 1. The highest BCUT2D eigenvalue weighted by atomic mass is 32.1. The van der Waals surface area contributed by atoms with Gasteiger partial charge >= 0.3 is 5.97 Å². The Balaban J connectivity index is 2.25. The Kier molecular flexibility index (Phi) is 4.63. The summed E-state index contributed by atoms with van der Waals surface area (Å²) in [5, 5.41) is 12.9. The number of rotatable bonds is 5. The van der Waals surface area contributed by atoms with Gasteiger partial charge in [-0.25, -0.2) is 4.79 Å². The molecule has 1 heterocycles. The normalized spacial score (nSPS) is 12.6. The highest BCUT2D eigenvalue weighted by molar-refractivity contribution is 7.21. The molecule has 2 aromatic rings. The second-order valence-electron chi connectivity index (χ2n) is 5.55. The summed E-state index contributed by atoms with van der Waals surface area (Å²) in [5.41, 5.74) is 0.904. The predicted molar refractivity (Wildman–Crippen MR) is 84.9 cm³/mol. The fraction of sp³-hybridized carbons (Fsp3) is 0.375. The number of hydrogen-bond donors (Lipinski definition) is 2. The standard InChI is InChI=1S/C16H19NO3S/c1-9(2)8-12(16(19)20)17-15(18)14-10(3)11-6-4-5-7-13(11)21-14/h4-7,9,12H,8H2,1-3H3,(H,17,18)(H,19,20)/t12-/m0/s1. The lowest BCUT2D eigenvalue weighted by Gasteiger charge is -2.16. The number of benzene rings is 1. The van der Waals surface area contributed by atoms with Crippen LogP contribution >= 0.6 is 11.3 Å². The van der Waals surface area contributed by atoms with Crippen LogP contribution in [0.5, 0.6) is 0 Å². The Bertz CT molecular complexity index is 675. The van der Waals surface area contributed by atoms with Gasteiger partial charge in [-0.2, -0.15) is 0 Å². The first-order valence-electron chi connectivity index (χ1n) is 6.92. The average molecular weight is 305 g/mol. The molecular weight excluding hydrogens is 286 g/mol. The molecule has 0 aliphatic rings. The van der Waals surface area contributed by atoms with Crippen molar-refractivity contribution in [1.29, 1.82) is 0 Å². The number of amides is 1. The molecule has 21 heavy (non-hydrogen) atoms. The highest BCUT2D eigenvalue weighted by Crippen LogP contribution is 2.30. The Morgan fingerprint density at radius 3 is 2.52 bits per heavy atom. The summed E-state index contributed by atoms with van der Waals surface area (Å²) in [4.78, 5) is 24.2. The Morgan fingerprint density at radius 2 is 1.95 bits per heavy atom. The van der Waals surface area contributed by atoms with E-state index in [4.69, 9.17) is 0 Å². The molecule has 1 aromatic carbocycles. The zero-order valence-corrected chi connectivity index (χ0v) is 13.2. The van der Waals surface area contributed by atoms with E-state index < -0.39 is 12.0 Å². The van der Waals surface area contributed by atoms with Crippen LogP contribution < -0.4 is 5.32 Å². The fourth-order valence-electron chi connectivity index (χ4n) is 2.31. The largest absolute Gasteiger partial charge is 0.480 e. The van der Waals surface area contributed by atoms with E-state index in [1.807, 2.05) is 45.0 Å². The highest BCUT2D eigenvalue weighted by Gasteiger charge is 2.24. The van der Waals surface area contributed by atoms with Crippen molar-refractivity contribution < 1.29 is 14.7 Å². The number of carboxylic acids is 1. The molecule has 0 saturated heterocycles. The molecule has 2 N–H and O–H groups in total. The van der Waals surface area contributed by atoms with Gasteiger partial charge in [-0.15, -0.1) is 11.3 Å². The molecule has 0 radical (unpaired) electrons. The molecule has 0 aliphatic carbocycles. The number of nitrogens with one attached hydrogen (secondary N) is 1. The van der Waals surface area contributed by atoms with E-state index in [0.29, 0.717) is 11.3 Å². The lowest BCUT2D eigenvalue weighted by atomic mass is 10.0. The van der Waals surface area contributed by atoms with E-state index in [-0.39, 0.29) is 11.8 Å². The Morgan fingerprint density at radius 1 is 1.29 bits per heavy atom. The first-order chi connectivity index (χ1) is 9.90. The molecule has 0 aliphatic heterocycles. The monoisotopic (exact) mass is 305 g/mol. The van der Waals surface area contributed by atoms with Crippen LogP contribution in [0.2, 0.25) is 0 Å². The van der Waals surface area contributed by atoms with Crippen LogP contribution in [0.3, 0.4) is 0 Å². The minimum atomic E-state index is -0.990. The van der Waals surface area contributed by atoms with Crippen molar-refractivity contribution in [3.8, 4) is 0 Å². The molecule has 2 rings (SSSR count). The van der Waals surface area contributed by atoms with Crippen molar-refractivity contribution in [3.63, 3.8) is 0 Å². The molecule has 5 heteroatoms. The maximum Gasteiger partial charge on any atom is 0.326 e. The topological polar surface area (TPSA) is 66.4 Å². The maximum absolute atomic E-state index is 12.4. The average Bonchev–Trinajstić information content (AvgIpc) is 2.75. The van der Waals surface area contributed by atoms with E-state index in [2.05, 4.69) is 5.32 Å². The molecule has 0 unspecified atom stereocenters. The van der Waals surface area contributed by atoms with Gasteiger partial charge < -0.3 is 10.4 Å². The summed E-state index contributed by atoms with van der Waals surface area (Å²) >= 11 is 1.40. The quantitative estimate of drug-likeness (QED) is 0.889. The molecule has 1 atom stereocenters. The fourth-order valence-corrected chi connectivity index (χ4v) is 3.42. The Hall–Kier alpha value is -1.88. The minimum Gasteiger partial charge on any atom is -0.480 e. The van der Waals surface area contributed by atoms with Gasteiger partial charge in [-0.1, -0.05) is 32.0 Å². The summed E-state index contributed by atoms with van der Waals surface area (Å²) in [6.45, 7) is 5.77. The number of carbonyl (C=O) groups excluding carboxylic acids is 1. The molecule has 4 nitrogen and oxygen atoms in total. The van der Waals surface area contributed by atoms with Gasteiger partial charge in [-0.05, 0) is 36.3 Å². The van der Waals surface area contributed by atoms with Crippen molar-refractivity contribution in [3.05, 3.63) is 34.7 Å². The van der Waals surface area contributed by atoms with Gasteiger partial charge in [0.05, 0.1) is 4.88 Å². The lowest BCUT2D eigenvalue weighted by molar-refractivity contribution is -0.139. The van der Waals surface area contributed by atoms with Crippen LogP contribution in [0.25, 0.3) is 10.1 Å². The Labute approximate surface area is 127 Å². The van der Waals surface area contributed by atoms with Crippen LogP contribution in [0.4, 0.5) is 0 Å². The summed E-state index contributed by atoms with van der Waals surface area (Å²) in [6, 6.07) is 6.95. The van der Waals surface area contributed by atoms with E-state index in [0.717, 1.165) is 15.6 Å². The van der Waals surface area contributed by atoms with Crippen molar-refractivity contribution in [2.24, 2.45) is 5.92 Å². The van der Waals surface area contributed by atoms with Gasteiger partial charge in [0, 0.05) is 4.70 Å². The number of carboxylic acid groups (broad SMARTS) is 1.